The molecule has 0 saturated carbocycles. The van der Waals surface area contributed by atoms with E-state index in [4.69, 9.17) is 9.31 Å². The number of hydrogen-bond donors (Lipinski definition) is 0. The minimum Gasteiger partial charge on any atom is -0.399 e. The van der Waals surface area contributed by atoms with E-state index in [1.165, 1.54) is 0 Å². The van der Waals surface area contributed by atoms with Gasteiger partial charge in [-0.3, -0.25) is 0 Å². The van der Waals surface area contributed by atoms with Crippen molar-refractivity contribution in [2.45, 2.75) is 38.9 Å². The summed E-state index contributed by atoms with van der Waals surface area (Å²) >= 11 is 0. The highest BCUT2D eigenvalue weighted by Gasteiger charge is 2.52. The van der Waals surface area contributed by atoms with Gasteiger partial charge >= 0.3 is 7.12 Å². The van der Waals surface area contributed by atoms with Crippen LogP contribution in [0.15, 0.2) is 66.7 Å². The van der Waals surface area contributed by atoms with Crippen LogP contribution in [-0.4, -0.2) is 22.9 Å². The molecule has 1 aliphatic rings. The van der Waals surface area contributed by atoms with Gasteiger partial charge in [-0.1, -0.05) is 36.4 Å². The Labute approximate surface area is 187 Å². The minimum atomic E-state index is -0.445. The second-order valence-electron chi connectivity index (χ2n) is 9.59. The predicted octanol–water partition coefficient (Wildman–Crippen LogP) is 5.55. The van der Waals surface area contributed by atoms with Crippen molar-refractivity contribution in [3.63, 3.8) is 0 Å². The molecule has 4 aromatic carbocycles. The summed E-state index contributed by atoms with van der Waals surface area (Å²) in [6.45, 7) is 8.30. The number of benzene rings is 4. The normalized spacial score (nSPS) is 17.5. The van der Waals surface area contributed by atoms with E-state index in [-0.39, 0.29) is 0 Å². The number of nitriles is 1. The molecule has 2 heterocycles. The average Bonchev–Trinajstić information content (AvgIpc) is 3.23. The molecule has 1 aliphatic heterocycles. The molecule has 156 valence electrons. The summed E-state index contributed by atoms with van der Waals surface area (Å²) in [5.74, 6) is 0. The first-order valence-electron chi connectivity index (χ1n) is 11.0. The molecule has 1 saturated heterocycles. The van der Waals surface area contributed by atoms with Gasteiger partial charge in [0.1, 0.15) is 0 Å². The molecule has 0 spiro atoms. The Bertz CT molecular complexity index is 1530. The molecule has 6 rings (SSSR count). The highest BCUT2D eigenvalue weighted by molar-refractivity contribution is 6.65. The lowest BCUT2D eigenvalue weighted by molar-refractivity contribution is 0.00578. The van der Waals surface area contributed by atoms with Gasteiger partial charge in [-0.15, -0.1) is 0 Å². The van der Waals surface area contributed by atoms with Gasteiger partial charge in [-0.25, -0.2) is 0 Å². The number of aromatic nitrogens is 1. The van der Waals surface area contributed by atoms with Gasteiger partial charge in [0, 0.05) is 21.8 Å². The molecule has 0 unspecified atom stereocenters. The van der Waals surface area contributed by atoms with Crippen LogP contribution in [0.2, 0.25) is 0 Å². The Morgan fingerprint density at radius 3 is 2.00 bits per heavy atom. The van der Waals surface area contributed by atoms with Gasteiger partial charge in [-0.2, -0.15) is 5.26 Å². The molecule has 0 aliphatic carbocycles. The minimum absolute atomic E-state index is 0.408. The Morgan fingerprint density at radius 2 is 1.34 bits per heavy atom. The van der Waals surface area contributed by atoms with E-state index in [1.807, 2.05) is 12.1 Å². The number of rotatable bonds is 2. The van der Waals surface area contributed by atoms with Crippen LogP contribution >= 0.6 is 0 Å². The SMILES string of the molecule is CC1(C)OB(c2ccc3c4c2ccc2c(C#N)ccc(c24)n3-c2ccccc2)OC1(C)C. The molecular formula is C27H23BN2O2. The molecule has 0 amide bonds. The largest absolute Gasteiger partial charge is 0.495 e. The highest BCUT2D eigenvalue weighted by atomic mass is 16.7. The van der Waals surface area contributed by atoms with Crippen LogP contribution in [0.5, 0.6) is 0 Å². The Kier molecular flexibility index (Phi) is 3.84. The van der Waals surface area contributed by atoms with E-state index in [2.05, 4.69) is 92.9 Å². The second kappa shape index (κ2) is 6.35. The summed E-state index contributed by atoms with van der Waals surface area (Å²) in [6.07, 6.45) is 0. The molecular weight excluding hydrogens is 395 g/mol. The van der Waals surface area contributed by atoms with Crippen molar-refractivity contribution in [2.75, 3.05) is 0 Å². The lowest BCUT2D eigenvalue weighted by Gasteiger charge is -2.32. The van der Waals surface area contributed by atoms with Crippen LogP contribution < -0.4 is 5.46 Å². The van der Waals surface area contributed by atoms with Gasteiger partial charge < -0.3 is 13.9 Å². The van der Waals surface area contributed by atoms with Crippen LogP contribution in [0, 0.1) is 11.3 Å². The first kappa shape index (κ1) is 19.4. The van der Waals surface area contributed by atoms with Gasteiger partial charge in [0.05, 0.1) is 33.9 Å². The van der Waals surface area contributed by atoms with Crippen LogP contribution in [0.25, 0.3) is 38.3 Å². The van der Waals surface area contributed by atoms with Crippen molar-refractivity contribution in [1.29, 1.82) is 5.26 Å². The van der Waals surface area contributed by atoms with Crippen molar-refractivity contribution >= 4 is 45.2 Å². The first-order valence-corrected chi connectivity index (χ1v) is 11.0. The van der Waals surface area contributed by atoms with E-state index in [9.17, 15) is 5.26 Å². The standard InChI is InChI=1S/C27H23BN2O2/c1-26(2)27(3,4)32-28(31-26)21-13-15-23-25-20(21)12-11-19-17(16-29)10-14-22(24(19)25)30(23)18-8-6-5-7-9-18/h5-15H,1-4H3. The zero-order chi connectivity index (χ0) is 22.3. The molecule has 0 N–H and O–H groups in total. The molecule has 4 nitrogen and oxygen atoms in total. The first-order chi connectivity index (χ1) is 15.3. The van der Waals surface area contributed by atoms with Crippen LogP contribution in [0.1, 0.15) is 33.3 Å². The van der Waals surface area contributed by atoms with Crippen molar-refractivity contribution in [2.24, 2.45) is 0 Å². The number of hydrogen-bond acceptors (Lipinski definition) is 3. The molecule has 0 radical (unpaired) electrons. The quantitative estimate of drug-likeness (QED) is 0.279. The molecule has 1 fully saturated rings. The summed E-state index contributed by atoms with van der Waals surface area (Å²) in [5, 5.41) is 14.1. The third-order valence-electron chi connectivity index (χ3n) is 7.27. The van der Waals surface area contributed by atoms with Crippen molar-refractivity contribution in [1.82, 2.24) is 4.57 Å². The monoisotopic (exact) mass is 418 g/mol. The zero-order valence-corrected chi connectivity index (χ0v) is 18.6. The third kappa shape index (κ3) is 2.45. The van der Waals surface area contributed by atoms with Crippen LogP contribution in [0.3, 0.4) is 0 Å². The molecule has 32 heavy (non-hydrogen) atoms. The lowest BCUT2D eigenvalue weighted by Crippen LogP contribution is -2.41. The van der Waals surface area contributed by atoms with Gasteiger partial charge in [-0.05, 0) is 68.9 Å². The van der Waals surface area contributed by atoms with E-state index >= 15 is 0 Å². The Hall–Kier alpha value is -3.33. The molecule has 0 atom stereocenters. The fourth-order valence-electron chi connectivity index (χ4n) is 4.91. The Morgan fingerprint density at radius 1 is 0.750 bits per heavy atom. The average molecular weight is 418 g/mol. The topological polar surface area (TPSA) is 47.2 Å². The molecule has 5 aromatic rings. The maximum atomic E-state index is 9.74. The maximum Gasteiger partial charge on any atom is 0.495 e. The van der Waals surface area contributed by atoms with Gasteiger partial charge in [0.2, 0.25) is 0 Å². The summed E-state index contributed by atoms with van der Waals surface area (Å²) in [4.78, 5) is 0. The Balaban J connectivity index is 1.71. The van der Waals surface area contributed by atoms with E-state index < -0.39 is 18.3 Å². The van der Waals surface area contributed by atoms with Crippen molar-refractivity contribution in [3.8, 4) is 11.8 Å². The van der Waals surface area contributed by atoms with Crippen molar-refractivity contribution in [3.05, 3.63) is 72.3 Å². The highest BCUT2D eigenvalue weighted by Crippen LogP contribution is 2.41. The van der Waals surface area contributed by atoms with E-state index in [1.54, 1.807) is 0 Å². The molecule has 1 aromatic heterocycles. The summed E-state index contributed by atoms with van der Waals surface area (Å²) in [7, 11) is -0.445. The number of nitrogens with zero attached hydrogens (tertiary/aromatic N) is 2. The van der Waals surface area contributed by atoms with E-state index in [0.29, 0.717) is 5.56 Å². The molecule has 0 bridgehead atoms. The van der Waals surface area contributed by atoms with Gasteiger partial charge in [0.25, 0.3) is 0 Å². The fraction of sp³-hybridized carbons (Fsp3) is 0.222. The van der Waals surface area contributed by atoms with Crippen LogP contribution in [-0.2, 0) is 9.31 Å². The van der Waals surface area contributed by atoms with Crippen LogP contribution in [0.4, 0.5) is 0 Å². The second-order valence-corrected chi connectivity index (χ2v) is 9.59. The smallest absolute Gasteiger partial charge is 0.399 e. The van der Waals surface area contributed by atoms with E-state index in [0.717, 1.165) is 43.7 Å². The summed E-state index contributed by atoms with van der Waals surface area (Å²) in [5.41, 5.74) is 4.20. The molecule has 5 heteroatoms. The third-order valence-corrected chi connectivity index (χ3v) is 7.27. The fourth-order valence-corrected chi connectivity index (χ4v) is 4.91. The summed E-state index contributed by atoms with van der Waals surface area (Å²) in [6, 6.07) is 25.1. The van der Waals surface area contributed by atoms with Gasteiger partial charge in [0.15, 0.2) is 0 Å². The lowest BCUT2D eigenvalue weighted by atomic mass is 9.75. The summed E-state index contributed by atoms with van der Waals surface area (Å²) < 4.78 is 15.1. The zero-order valence-electron chi connectivity index (χ0n) is 18.6. The number of para-hydroxylation sites is 1. The van der Waals surface area contributed by atoms with Crippen molar-refractivity contribution < 1.29 is 9.31 Å². The predicted molar refractivity (Wildman–Crippen MR) is 130 cm³/mol. The maximum absolute atomic E-state index is 9.74.